The molecule has 0 spiro atoms. The lowest BCUT2D eigenvalue weighted by Crippen LogP contribution is -2.18. The fourth-order valence-corrected chi connectivity index (χ4v) is 4.14. The summed E-state index contributed by atoms with van der Waals surface area (Å²) in [6.45, 7) is 5.13. The van der Waals surface area contributed by atoms with Gasteiger partial charge in [0.1, 0.15) is 5.82 Å². The minimum Gasteiger partial charge on any atom is -0.367 e. The number of anilines is 3. The Balaban J connectivity index is 1.69. The van der Waals surface area contributed by atoms with Crippen LogP contribution >= 0.6 is 30.3 Å². The largest absolute Gasteiger partial charge is 0.367 e. The van der Waals surface area contributed by atoms with Crippen LogP contribution in [0.1, 0.15) is 26.7 Å². The number of hydrogen-bond acceptors (Lipinski definition) is 6. The third kappa shape index (κ3) is 3.57. The lowest BCUT2D eigenvalue weighted by atomic mass is 10.2. The molecule has 1 fully saturated rings. The number of hydrogen-bond donors (Lipinski definition) is 2. The summed E-state index contributed by atoms with van der Waals surface area (Å²) in [5.41, 5.74) is 1.80. The number of aryl methyl sites for hydroxylation is 1. The van der Waals surface area contributed by atoms with E-state index in [2.05, 4.69) is 56.9 Å². The molecule has 0 radical (unpaired) electrons. The minimum atomic E-state index is 0.421. The van der Waals surface area contributed by atoms with E-state index in [0.29, 0.717) is 12.0 Å². The van der Waals surface area contributed by atoms with Crippen molar-refractivity contribution < 1.29 is 0 Å². The van der Waals surface area contributed by atoms with Gasteiger partial charge >= 0.3 is 0 Å². The third-order valence-corrected chi connectivity index (χ3v) is 6.21. The molecule has 0 amide bonds. The first-order valence-electron chi connectivity index (χ1n) is 8.42. The van der Waals surface area contributed by atoms with Gasteiger partial charge < -0.3 is 10.6 Å². The number of halogens is 1. The summed E-state index contributed by atoms with van der Waals surface area (Å²) in [6.07, 6.45) is 8.38. The van der Waals surface area contributed by atoms with Gasteiger partial charge in [-0.2, -0.15) is 15.1 Å². The molecule has 132 valence electrons. The summed E-state index contributed by atoms with van der Waals surface area (Å²) in [4.78, 5) is 9.44. The van der Waals surface area contributed by atoms with Gasteiger partial charge in [-0.1, -0.05) is 0 Å². The SMILES string of the molecule is CCn1cc(Nc2nc(N[C@@H](C)C3CC3)c3ccn(SI)c3n2)cn1. The van der Waals surface area contributed by atoms with E-state index in [1.165, 1.54) is 12.8 Å². The zero-order valence-corrected chi connectivity index (χ0v) is 17.1. The highest BCUT2D eigenvalue weighted by atomic mass is 127. The molecule has 9 heteroatoms. The number of aromatic nitrogens is 5. The van der Waals surface area contributed by atoms with E-state index in [4.69, 9.17) is 9.97 Å². The molecule has 4 rings (SSSR count). The molecule has 0 saturated heterocycles. The van der Waals surface area contributed by atoms with Gasteiger partial charge in [0.25, 0.3) is 0 Å². The van der Waals surface area contributed by atoms with E-state index in [0.717, 1.165) is 35.0 Å². The molecule has 0 unspecified atom stereocenters. The molecular formula is C16H20IN7S. The van der Waals surface area contributed by atoms with Crippen molar-refractivity contribution in [2.75, 3.05) is 10.6 Å². The van der Waals surface area contributed by atoms with Crippen molar-refractivity contribution in [3.05, 3.63) is 24.7 Å². The zero-order chi connectivity index (χ0) is 17.4. The third-order valence-electron chi connectivity index (χ3n) is 4.49. The maximum atomic E-state index is 4.73. The van der Waals surface area contributed by atoms with Crippen molar-refractivity contribution in [1.29, 1.82) is 0 Å². The second kappa shape index (κ2) is 7.02. The highest BCUT2D eigenvalue weighted by molar-refractivity contribution is 14.2. The summed E-state index contributed by atoms with van der Waals surface area (Å²) in [7, 11) is 1.60. The smallest absolute Gasteiger partial charge is 0.231 e. The molecule has 1 aliphatic carbocycles. The molecule has 3 aromatic heterocycles. The van der Waals surface area contributed by atoms with Gasteiger partial charge in [-0.3, -0.25) is 8.65 Å². The van der Waals surface area contributed by atoms with Crippen LogP contribution in [0.15, 0.2) is 24.7 Å². The number of nitrogens with one attached hydrogen (secondary N) is 2. The number of rotatable bonds is 7. The molecule has 25 heavy (non-hydrogen) atoms. The summed E-state index contributed by atoms with van der Waals surface area (Å²) in [6, 6.07) is 2.49. The second-order valence-corrected chi connectivity index (χ2v) is 8.04. The van der Waals surface area contributed by atoms with Crippen LogP contribution in [0, 0.1) is 5.92 Å². The van der Waals surface area contributed by atoms with Gasteiger partial charge in [0, 0.05) is 55.3 Å². The number of nitrogens with zero attached hydrogens (tertiary/aromatic N) is 5. The molecular weight excluding hydrogens is 449 g/mol. The first kappa shape index (κ1) is 17.0. The lowest BCUT2D eigenvalue weighted by molar-refractivity contribution is 0.660. The molecule has 0 aromatic carbocycles. The molecule has 0 aliphatic heterocycles. The van der Waals surface area contributed by atoms with Crippen LogP contribution in [0.25, 0.3) is 11.0 Å². The average molecular weight is 469 g/mol. The van der Waals surface area contributed by atoms with E-state index in [-0.39, 0.29) is 0 Å². The van der Waals surface area contributed by atoms with E-state index >= 15 is 0 Å². The van der Waals surface area contributed by atoms with Gasteiger partial charge in [-0.25, -0.2) is 0 Å². The van der Waals surface area contributed by atoms with Crippen LogP contribution in [0.5, 0.6) is 0 Å². The Bertz CT molecular complexity index is 886. The topological polar surface area (TPSA) is 72.6 Å². The standard InChI is InChI=1S/C16H20IN7S/c1-3-23-9-12(8-18-23)20-16-21-14(19-10(2)11-4-5-11)13-6-7-24(25-17)15(13)22-16/h6-11H,3-5H2,1-2H3,(H2,19,20,21,22)/t10-/m0/s1. The fourth-order valence-electron chi connectivity index (χ4n) is 2.87. The minimum absolute atomic E-state index is 0.421. The second-order valence-electron chi connectivity index (χ2n) is 6.32. The van der Waals surface area contributed by atoms with Crippen LogP contribution in [0.3, 0.4) is 0 Å². The van der Waals surface area contributed by atoms with Gasteiger partial charge in [0.15, 0.2) is 5.65 Å². The van der Waals surface area contributed by atoms with Crippen molar-refractivity contribution in [3.8, 4) is 0 Å². The van der Waals surface area contributed by atoms with Crippen LogP contribution in [0.2, 0.25) is 0 Å². The Hall–Kier alpha value is -1.49. The highest BCUT2D eigenvalue weighted by Crippen LogP contribution is 2.35. The van der Waals surface area contributed by atoms with Gasteiger partial charge in [0.2, 0.25) is 5.95 Å². The normalized spacial score (nSPS) is 15.5. The van der Waals surface area contributed by atoms with Crippen molar-refractivity contribution in [1.82, 2.24) is 23.7 Å². The Kier molecular flexibility index (Phi) is 4.76. The summed E-state index contributed by atoms with van der Waals surface area (Å²) in [5.74, 6) is 2.23. The summed E-state index contributed by atoms with van der Waals surface area (Å²) in [5, 5.41) is 12.2. The molecule has 1 aliphatic rings. The maximum Gasteiger partial charge on any atom is 0.231 e. The van der Waals surface area contributed by atoms with Crippen LogP contribution < -0.4 is 10.6 Å². The summed E-state index contributed by atoms with van der Waals surface area (Å²) >= 11 is 2.26. The zero-order valence-electron chi connectivity index (χ0n) is 14.1. The molecule has 7 nitrogen and oxygen atoms in total. The predicted octanol–water partition coefficient (Wildman–Crippen LogP) is 4.45. The molecule has 3 aromatic rings. The molecule has 2 N–H and O–H groups in total. The van der Waals surface area contributed by atoms with Gasteiger partial charge in [0.05, 0.1) is 17.3 Å². The first-order chi connectivity index (χ1) is 12.2. The van der Waals surface area contributed by atoms with Crippen molar-refractivity contribution in [2.45, 2.75) is 39.3 Å². The van der Waals surface area contributed by atoms with Crippen molar-refractivity contribution in [2.24, 2.45) is 5.92 Å². The van der Waals surface area contributed by atoms with Gasteiger partial charge in [-0.15, -0.1) is 0 Å². The first-order valence-corrected chi connectivity index (χ1v) is 11.7. The van der Waals surface area contributed by atoms with Crippen LogP contribution in [0.4, 0.5) is 17.5 Å². The van der Waals surface area contributed by atoms with Gasteiger partial charge in [-0.05, 0) is 38.7 Å². The molecule has 3 heterocycles. The van der Waals surface area contributed by atoms with Crippen molar-refractivity contribution in [3.63, 3.8) is 0 Å². The highest BCUT2D eigenvalue weighted by Gasteiger charge is 2.28. The lowest BCUT2D eigenvalue weighted by Gasteiger charge is -2.15. The van der Waals surface area contributed by atoms with Crippen molar-refractivity contribution >= 4 is 58.8 Å². The van der Waals surface area contributed by atoms with E-state index in [1.54, 1.807) is 15.3 Å². The fraction of sp³-hybridized carbons (Fsp3) is 0.438. The van der Waals surface area contributed by atoms with E-state index in [9.17, 15) is 0 Å². The number of fused-ring (bicyclic) bond motifs is 1. The quantitative estimate of drug-likeness (QED) is 0.499. The van der Waals surface area contributed by atoms with Crippen LogP contribution in [-0.2, 0) is 6.54 Å². The Morgan fingerprint density at radius 3 is 2.92 bits per heavy atom. The summed E-state index contributed by atoms with van der Waals surface area (Å²) < 4.78 is 3.92. The average Bonchev–Trinajstić information content (AvgIpc) is 3.24. The maximum absolute atomic E-state index is 4.73. The molecule has 1 saturated carbocycles. The molecule has 0 bridgehead atoms. The Morgan fingerprint density at radius 1 is 1.40 bits per heavy atom. The Labute approximate surface area is 162 Å². The predicted molar refractivity (Wildman–Crippen MR) is 112 cm³/mol. The Morgan fingerprint density at radius 2 is 2.24 bits per heavy atom. The molecule has 1 atom stereocenters. The van der Waals surface area contributed by atoms with E-state index < -0.39 is 0 Å². The van der Waals surface area contributed by atoms with Crippen LogP contribution in [-0.4, -0.2) is 29.8 Å². The van der Waals surface area contributed by atoms with E-state index in [1.807, 2.05) is 21.0 Å². The monoisotopic (exact) mass is 469 g/mol.